The fraction of sp³-hybridized carbons (Fsp3) is 0.0714. The summed E-state index contributed by atoms with van der Waals surface area (Å²) in [4.78, 5) is 33.0. The van der Waals surface area contributed by atoms with Gasteiger partial charge in [0.05, 0.1) is 23.9 Å². The maximum Gasteiger partial charge on any atom is 0.329 e. The molecule has 0 unspecified atom stereocenters. The summed E-state index contributed by atoms with van der Waals surface area (Å²) in [6, 6.07) is 6.57. The highest BCUT2D eigenvalue weighted by atomic mass is 16.6. The van der Waals surface area contributed by atoms with E-state index in [2.05, 4.69) is 10.4 Å². The molecule has 0 aliphatic rings. The molecule has 2 amide bonds. The van der Waals surface area contributed by atoms with E-state index in [0.29, 0.717) is 5.76 Å². The van der Waals surface area contributed by atoms with Crippen molar-refractivity contribution in [2.24, 2.45) is 5.10 Å². The Balaban J connectivity index is 1.91. The topological polar surface area (TPSA) is 147 Å². The smallest absolute Gasteiger partial charge is 0.329 e. The molecule has 10 heteroatoms. The van der Waals surface area contributed by atoms with Crippen molar-refractivity contribution in [3.63, 3.8) is 0 Å². The second kappa shape index (κ2) is 7.54. The summed E-state index contributed by atoms with van der Waals surface area (Å²) >= 11 is 0. The first-order valence-electron chi connectivity index (χ1n) is 6.58. The highest BCUT2D eigenvalue weighted by Gasteiger charge is 2.13. The number of non-ortho nitro benzene ring substituents is 1. The van der Waals surface area contributed by atoms with Crippen LogP contribution in [0.4, 0.5) is 5.69 Å². The molecule has 0 radical (unpaired) electrons. The lowest BCUT2D eigenvalue weighted by Gasteiger charge is -2.02. The largest absolute Gasteiger partial charge is 0.507 e. The Labute approximate surface area is 134 Å². The maximum absolute atomic E-state index is 11.5. The molecule has 1 aromatic heterocycles. The normalized spacial score (nSPS) is 10.5. The summed E-state index contributed by atoms with van der Waals surface area (Å²) < 4.78 is 4.99. The fourth-order valence-corrected chi connectivity index (χ4v) is 1.63. The molecular formula is C14H12N4O6. The molecule has 0 saturated carbocycles. The lowest BCUT2D eigenvalue weighted by atomic mass is 10.2. The zero-order valence-corrected chi connectivity index (χ0v) is 12.1. The number of carbonyl (C=O) groups is 2. The number of phenolic OH excluding ortho intramolecular Hbond substituents is 1. The summed E-state index contributed by atoms with van der Waals surface area (Å²) in [5.74, 6) is -1.77. The number of carbonyl (C=O) groups excluding carboxylic acids is 2. The number of benzene rings is 1. The number of hydrogen-bond donors (Lipinski definition) is 3. The van der Waals surface area contributed by atoms with Crippen LogP contribution < -0.4 is 10.7 Å². The number of nitrogens with zero attached hydrogens (tertiary/aromatic N) is 2. The van der Waals surface area contributed by atoms with Crippen LogP contribution in [0.25, 0.3) is 0 Å². The average Bonchev–Trinajstić information content (AvgIpc) is 3.07. The van der Waals surface area contributed by atoms with Gasteiger partial charge in [-0.3, -0.25) is 19.7 Å². The van der Waals surface area contributed by atoms with Crippen LogP contribution in [0.2, 0.25) is 0 Å². The van der Waals surface area contributed by atoms with Gasteiger partial charge in [0, 0.05) is 17.7 Å². The van der Waals surface area contributed by atoms with E-state index in [9.17, 15) is 24.8 Å². The minimum Gasteiger partial charge on any atom is -0.507 e. The van der Waals surface area contributed by atoms with Crippen LogP contribution in [0.5, 0.6) is 5.75 Å². The Morgan fingerprint density at radius 2 is 2.12 bits per heavy atom. The number of phenols is 1. The summed E-state index contributed by atoms with van der Waals surface area (Å²) in [6.07, 6.45) is 2.41. The number of amides is 2. The number of nitro groups is 1. The molecule has 0 saturated heterocycles. The van der Waals surface area contributed by atoms with Crippen LogP contribution in [-0.2, 0) is 16.1 Å². The molecule has 2 rings (SSSR count). The molecular weight excluding hydrogens is 320 g/mol. The molecule has 0 aliphatic heterocycles. The Bertz CT molecular complexity index is 785. The number of rotatable bonds is 5. The van der Waals surface area contributed by atoms with Gasteiger partial charge in [-0.05, 0) is 18.2 Å². The molecule has 1 aromatic carbocycles. The van der Waals surface area contributed by atoms with Gasteiger partial charge >= 0.3 is 11.8 Å². The Kier molecular flexibility index (Phi) is 5.24. The van der Waals surface area contributed by atoms with Crippen LogP contribution >= 0.6 is 0 Å². The number of aromatic hydroxyl groups is 1. The minimum absolute atomic E-state index is 0.0143. The fourth-order valence-electron chi connectivity index (χ4n) is 1.63. The van der Waals surface area contributed by atoms with Crippen LogP contribution in [0.3, 0.4) is 0 Å². The molecule has 0 spiro atoms. The summed E-state index contributed by atoms with van der Waals surface area (Å²) in [6.45, 7) is 0.0363. The quantitative estimate of drug-likeness (QED) is 0.317. The summed E-state index contributed by atoms with van der Waals surface area (Å²) in [5, 5.41) is 26.0. The highest BCUT2D eigenvalue weighted by molar-refractivity contribution is 6.35. The van der Waals surface area contributed by atoms with E-state index in [1.807, 2.05) is 5.43 Å². The lowest BCUT2D eigenvalue weighted by Crippen LogP contribution is -2.37. The highest BCUT2D eigenvalue weighted by Crippen LogP contribution is 2.21. The SMILES string of the molecule is O=C(NCc1ccco1)C(=O)N/N=C/c1cc([N+](=O)[O-])ccc1O. The number of nitrogens with one attached hydrogen (secondary N) is 2. The second-order valence-corrected chi connectivity index (χ2v) is 4.46. The van der Waals surface area contributed by atoms with Crippen molar-refractivity contribution < 1.29 is 24.0 Å². The number of hydrogen-bond acceptors (Lipinski definition) is 7. The van der Waals surface area contributed by atoms with Crippen LogP contribution in [0.1, 0.15) is 11.3 Å². The van der Waals surface area contributed by atoms with Crippen molar-refractivity contribution in [2.45, 2.75) is 6.54 Å². The van der Waals surface area contributed by atoms with Gasteiger partial charge in [-0.15, -0.1) is 0 Å². The molecule has 0 fully saturated rings. The van der Waals surface area contributed by atoms with Crippen LogP contribution in [0, 0.1) is 10.1 Å². The Morgan fingerprint density at radius 1 is 1.33 bits per heavy atom. The van der Waals surface area contributed by atoms with E-state index in [1.165, 1.54) is 6.26 Å². The summed E-state index contributed by atoms with van der Waals surface area (Å²) in [7, 11) is 0. The third-order valence-corrected chi connectivity index (χ3v) is 2.80. The van der Waals surface area contributed by atoms with E-state index in [-0.39, 0.29) is 23.5 Å². The third kappa shape index (κ3) is 4.40. The molecule has 24 heavy (non-hydrogen) atoms. The van der Waals surface area contributed by atoms with E-state index >= 15 is 0 Å². The van der Waals surface area contributed by atoms with Gasteiger partial charge in [-0.25, -0.2) is 5.43 Å². The molecule has 3 N–H and O–H groups in total. The molecule has 0 aliphatic carbocycles. The second-order valence-electron chi connectivity index (χ2n) is 4.46. The predicted octanol–water partition coefficient (Wildman–Crippen LogP) is 0.660. The van der Waals surface area contributed by atoms with E-state index in [0.717, 1.165) is 24.4 Å². The van der Waals surface area contributed by atoms with Gasteiger partial charge in [-0.1, -0.05) is 0 Å². The number of hydrazone groups is 1. The molecule has 0 atom stereocenters. The number of nitro benzene ring substituents is 1. The van der Waals surface area contributed by atoms with Gasteiger partial charge in [-0.2, -0.15) is 5.10 Å². The lowest BCUT2D eigenvalue weighted by molar-refractivity contribution is -0.384. The van der Waals surface area contributed by atoms with Crippen LogP contribution in [-0.4, -0.2) is 28.1 Å². The zero-order chi connectivity index (χ0) is 17.5. The third-order valence-electron chi connectivity index (χ3n) is 2.80. The molecule has 1 heterocycles. The van der Waals surface area contributed by atoms with E-state index in [4.69, 9.17) is 4.42 Å². The van der Waals surface area contributed by atoms with Crippen molar-refractivity contribution in [2.75, 3.05) is 0 Å². The van der Waals surface area contributed by atoms with Gasteiger partial charge < -0.3 is 14.8 Å². The average molecular weight is 332 g/mol. The molecule has 2 aromatic rings. The first kappa shape index (κ1) is 16.7. The first-order chi connectivity index (χ1) is 11.5. The Hall–Kier alpha value is -3.69. The first-order valence-corrected chi connectivity index (χ1v) is 6.58. The molecule has 0 bridgehead atoms. The monoisotopic (exact) mass is 332 g/mol. The van der Waals surface area contributed by atoms with Crippen molar-refractivity contribution in [1.82, 2.24) is 10.7 Å². The van der Waals surface area contributed by atoms with Crippen molar-refractivity contribution in [3.8, 4) is 5.75 Å². The van der Waals surface area contributed by atoms with Gasteiger partial charge in [0.15, 0.2) is 0 Å². The molecule has 124 valence electrons. The van der Waals surface area contributed by atoms with Crippen molar-refractivity contribution in [3.05, 3.63) is 58.0 Å². The minimum atomic E-state index is -1.04. The Morgan fingerprint density at radius 3 is 2.79 bits per heavy atom. The summed E-state index contributed by atoms with van der Waals surface area (Å²) in [5.41, 5.74) is 1.71. The zero-order valence-electron chi connectivity index (χ0n) is 12.1. The van der Waals surface area contributed by atoms with Gasteiger partial charge in [0.1, 0.15) is 11.5 Å². The predicted molar refractivity (Wildman–Crippen MR) is 81.1 cm³/mol. The van der Waals surface area contributed by atoms with Crippen LogP contribution in [0.15, 0.2) is 46.1 Å². The van der Waals surface area contributed by atoms with E-state index < -0.39 is 16.7 Å². The van der Waals surface area contributed by atoms with E-state index in [1.54, 1.807) is 12.1 Å². The number of furan rings is 1. The van der Waals surface area contributed by atoms with Gasteiger partial charge in [0.25, 0.3) is 5.69 Å². The molecule has 10 nitrogen and oxygen atoms in total. The maximum atomic E-state index is 11.5. The standard InChI is InChI=1S/C14H12N4O6/c19-12-4-3-10(18(22)23)6-9(12)7-16-17-14(21)13(20)15-8-11-2-1-5-24-11/h1-7,19H,8H2,(H,15,20)(H,17,21)/b16-7+. The van der Waals surface area contributed by atoms with Crippen molar-refractivity contribution in [1.29, 1.82) is 0 Å². The van der Waals surface area contributed by atoms with Crippen molar-refractivity contribution >= 4 is 23.7 Å². The van der Waals surface area contributed by atoms with Gasteiger partial charge in [0.2, 0.25) is 0 Å².